The molecule has 0 atom stereocenters. The molecule has 1 aliphatic rings. The van der Waals surface area contributed by atoms with Crippen molar-refractivity contribution in [2.24, 2.45) is 0 Å². The van der Waals surface area contributed by atoms with Crippen LogP contribution >= 0.6 is 35.6 Å². The van der Waals surface area contributed by atoms with Crippen LogP contribution in [0.5, 0.6) is 5.75 Å². The van der Waals surface area contributed by atoms with E-state index in [1.807, 2.05) is 95.8 Å². The van der Waals surface area contributed by atoms with Crippen LogP contribution in [0.4, 0.5) is 0 Å². The number of ether oxygens (including phenoxy) is 1. The number of aliphatic carboxylic acids is 1. The van der Waals surface area contributed by atoms with Crippen molar-refractivity contribution < 1.29 is 19.4 Å². The Bertz CT molecular complexity index is 1690. The van der Waals surface area contributed by atoms with Gasteiger partial charge in [-0.25, -0.2) is 4.68 Å². The summed E-state index contributed by atoms with van der Waals surface area (Å²) in [6, 6.07) is 25.3. The Morgan fingerprint density at radius 1 is 0.894 bits per heavy atom. The van der Waals surface area contributed by atoms with Crippen LogP contribution in [0.1, 0.15) is 68.9 Å². The number of aromatic nitrogens is 2. The van der Waals surface area contributed by atoms with Crippen LogP contribution in [0.3, 0.4) is 0 Å². The summed E-state index contributed by atoms with van der Waals surface area (Å²) < 4.78 is 8.40. The fourth-order valence-corrected chi connectivity index (χ4v) is 6.75. The number of thiocarbonyl (C=S) groups is 1. The summed E-state index contributed by atoms with van der Waals surface area (Å²) >= 11 is 13.0. The van der Waals surface area contributed by atoms with Gasteiger partial charge in [0.2, 0.25) is 0 Å². The van der Waals surface area contributed by atoms with Crippen molar-refractivity contribution in [1.82, 2.24) is 14.7 Å². The molecule has 10 heteroatoms. The van der Waals surface area contributed by atoms with Crippen LogP contribution in [0, 0.1) is 0 Å². The number of thioether (sulfide) groups is 1. The normalized spacial score (nSPS) is 13.9. The van der Waals surface area contributed by atoms with E-state index in [1.165, 1.54) is 11.8 Å². The number of halogens is 1. The Hall–Kier alpha value is -3.92. The van der Waals surface area contributed by atoms with Crippen molar-refractivity contribution in [3.8, 4) is 22.7 Å². The number of unbranched alkanes of at least 4 members (excludes halogenated alkanes) is 7. The lowest BCUT2D eigenvalue weighted by Crippen LogP contribution is -2.29. The lowest BCUT2D eigenvalue weighted by atomic mass is 10.1. The molecule has 1 saturated heterocycles. The van der Waals surface area contributed by atoms with Crippen LogP contribution < -0.4 is 4.74 Å². The maximum atomic E-state index is 13.5. The summed E-state index contributed by atoms with van der Waals surface area (Å²) in [4.78, 5) is 26.4. The first kappa shape index (κ1) is 34.4. The molecule has 0 radical (unpaired) electrons. The third-order valence-electron chi connectivity index (χ3n) is 7.89. The molecule has 0 saturated carbocycles. The Balaban J connectivity index is 1.22. The van der Waals surface area contributed by atoms with Gasteiger partial charge in [-0.2, -0.15) is 5.10 Å². The number of hydrogen-bond acceptors (Lipinski definition) is 6. The van der Waals surface area contributed by atoms with E-state index in [-0.39, 0.29) is 12.3 Å². The third kappa shape index (κ3) is 10.0. The number of carboxylic acids is 1. The first-order valence-corrected chi connectivity index (χ1v) is 17.6. The van der Waals surface area contributed by atoms with E-state index in [9.17, 15) is 9.59 Å². The molecule has 47 heavy (non-hydrogen) atoms. The predicted octanol–water partition coefficient (Wildman–Crippen LogP) is 9.57. The number of nitrogens with zero attached hydrogens (tertiary/aromatic N) is 3. The van der Waals surface area contributed by atoms with Gasteiger partial charge < -0.3 is 9.84 Å². The first-order valence-electron chi connectivity index (χ1n) is 16.0. The van der Waals surface area contributed by atoms with E-state index in [1.54, 1.807) is 4.90 Å². The lowest BCUT2D eigenvalue weighted by Gasteiger charge is -2.14. The maximum Gasteiger partial charge on any atom is 0.303 e. The van der Waals surface area contributed by atoms with Gasteiger partial charge in [-0.05, 0) is 73.0 Å². The van der Waals surface area contributed by atoms with E-state index in [4.69, 9.17) is 38.8 Å². The second-order valence-electron chi connectivity index (χ2n) is 11.5. The fourth-order valence-electron chi connectivity index (χ4n) is 5.33. The number of carbonyl (C=O) groups excluding carboxylic acids is 1. The van der Waals surface area contributed by atoms with E-state index in [0.29, 0.717) is 27.4 Å². The van der Waals surface area contributed by atoms with Gasteiger partial charge in [0.25, 0.3) is 5.91 Å². The van der Waals surface area contributed by atoms with Crippen molar-refractivity contribution in [1.29, 1.82) is 0 Å². The number of amides is 1. The van der Waals surface area contributed by atoms with E-state index < -0.39 is 5.97 Å². The third-order valence-corrected chi connectivity index (χ3v) is 9.52. The van der Waals surface area contributed by atoms with Gasteiger partial charge in [-0.1, -0.05) is 104 Å². The highest BCUT2D eigenvalue weighted by Gasteiger charge is 2.32. The minimum atomic E-state index is -0.721. The Kier molecular flexibility index (Phi) is 12.7. The average molecular weight is 688 g/mol. The summed E-state index contributed by atoms with van der Waals surface area (Å²) in [6.45, 7) is 1.04. The maximum absolute atomic E-state index is 13.5. The SMILES string of the molecule is O=C(O)CCCCCCCCCCN1C(=O)C(=Cc2cn(-c3ccccc3)nc2-c2ccc(OCc3ccc(Cl)cc3)cc2)SC1=S. The molecule has 1 aliphatic heterocycles. The topological polar surface area (TPSA) is 84.7 Å². The molecule has 0 spiro atoms. The zero-order chi connectivity index (χ0) is 33.0. The second-order valence-corrected chi connectivity index (χ2v) is 13.6. The highest BCUT2D eigenvalue weighted by atomic mass is 35.5. The first-order chi connectivity index (χ1) is 22.9. The molecular formula is C37H38ClN3O4S2. The second kappa shape index (κ2) is 17.3. The highest BCUT2D eigenvalue weighted by molar-refractivity contribution is 8.26. The molecule has 244 valence electrons. The number of carboxylic acid groups (broad SMARTS) is 1. The highest BCUT2D eigenvalue weighted by Crippen LogP contribution is 2.35. The minimum absolute atomic E-state index is 0.0669. The standard InChI is InChI=1S/C37H38ClN3O4S2/c38-30-19-15-27(16-20-30)26-45-32-21-17-28(18-22-32)35-29(25-41(39-35)31-12-8-7-9-13-31)24-33-36(44)40(37(46)47-33)23-11-6-4-2-1-3-5-10-14-34(42)43/h7-9,12-13,15-22,24-25H,1-6,10-11,14,23,26H2,(H,42,43). The van der Waals surface area contributed by atoms with Gasteiger partial charge in [-0.15, -0.1) is 0 Å². The van der Waals surface area contributed by atoms with Crippen LogP contribution in [0.15, 0.2) is 90.0 Å². The average Bonchev–Trinajstić information content (AvgIpc) is 3.62. The monoisotopic (exact) mass is 687 g/mol. The van der Waals surface area contributed by atoms with E-state index >= 15 is 0 Å². The zero-order valence-corrected chi connectivity index (χ0v) is 28.5. The summed E-state index contributed by atoms with van der Waals surface area (Å²) in [5.41, 5.74) is 4.44. The number of carbonyl (C=O) groups is 2. The Morgan fingerprint density at radius 2 is 1.55 bits per heavy atom. The molecule has 1 fully saturated rings. The fraction of sp³-hybridized carbons (Fsp3) is 0.297. The van der Waals surface area contributed by atoms with Crippen molar-refractivity contribution >= 4 is 57.9 Å². The largest absolute Gasteiger partial charge is 0.489 e. The molecule has 0 unspecified atom stereocenters. The molecule has 0 aliphatic carbocycles. The zero-order valence-electron chi connectivity index (χ0n) is 26.1. The smallest absolute Gasteiger partial charge is 0.303 e. The summed E-state index contributed by atoms with van der Waals surface area (Å²) in [5, 5.41) is 14.4. The number of rotatable bonds is 17. The summed E-state index contributed by atoms with van der Waals surface area (Å²) in [5.74, 6) is -0.0481. The number of benzene rings is 3. The van der Waals surface area contributed by atoms with Gasteiger partial charge in [0.1, 0.15) is 16.7 Å². The van der Waals surface area contributed by atoms with Crippen LogP contribution in [0.2, 0.25) is 5.02 Å². The molecule has 4 aromatic rings. The molecule has 0 bridgehead atoms. The quantitative estimate of drug-likeness (QED) is 0.0672. The van der Waals surface area contributed by atoms with Gasteiger partial charge in [0, 0.05) is 35.3 Å². The van der Waals surface area contributed by atoms with Crippen molar-refractivity contribution in [3.63, 3.8) is 0 Å². The molecule has 5 rings (SSSR count). The number of hydrogen-bond donors (Lipinski definition) is 1. The van der Waals surface area contributed by atoms with Gasteiger partial charge in [0.05, 0.1) is 16.3 Å². The van der Waals surface area contributed by atoms with Crippen molar-refractivity contribution in [2.45, 2.75) is 64.4 Å². The number of para-hydroxylation sites is 1. The molecule has 1 amide bonds. The predicted molar refractivity (Wildman–Crippen MR) is 194 cm³/mol. The van der Waals surface area contributed by atoms with Crippen LogP contribution in [0.25, 0.3) is 23.0 Å². The van der Waals surface area contributed by atoms with Gasteiger partial charge in [0.15, 0.2) is 0 Å². The molecule has 1 aromatic heterocycles. The molecule has 1 N–H and O–H groups in total. The van der Waals surface area contributed by atoms with Gasteiger partial charge in [-0.3, -0.25) is 14.5 Å². The van der Waals surface area contributed by atoms with Gasteiger partial charge >= 0.3 is 5.97 Å². The van der Waals surface area contributed by atoms with E-state index in [0.717, 1.165) is 85.2 Å². The van der Waals surface area contributed by atoms with E-state index in [2.05, 4.69) is 0 Å². The molecule has 2 heterocycles. The summed E-state index contributed by atoms with van der Waals surface area (Å²) in [6.07, 6.45) is 12.1. The van der Waals surface area contributed by atoms with Crippen LogP contribution in [-0.2, 0) is 16.2 Å². The van der Waals surface area contributed by atoms with Crippen molar-refractivity contribution in [3.05, 3.63) is 106 Å². The summed E-state index contributed by atoms with van der Waals surface area (Å²) in [7, 11) is 0. The lowest BCUT2D eigenvalue weighted by molar-refractivity contribution is -0.137. The Morgan fingerprint density at radius 3 is 2.23 bits per heavy atom. The Labute approximate surface area is 290 Å². The molecule has 7 nitrogen and oxygen atoms in total. The minimum Gasteiger partial charge on any atom is -0.489 e. The molecular weight excluding hydrogens is 650 g/mol. The van der Waals surface area contributed by atoms with Crippen molar-refractivity contribution in [2.75, 3.05) is 6.54 Å². The van der Waals surface area contributed by atoms with Crippen LogP contribution in [-0.4, -0.2) is 42.5 Å². The molecule has 3 aromatic carbocycles.